The number of nitrogens with one attached hydrogen (secondary N) is 1. The number of aromatic nitrogens is 2. The summed E-state index contributed by atoms with van der Waals surface area (Å²) in [7, 11) is 0. The molecule has 1 heterocycles. The average molecular weight is 296 g/mol. The van der Waals surface area contributed by atoms with Gasteiger partial charge in [0.15, 0.2) is 5.69 Å². The van der Waals surface area contributed by atoms with Crippen molar-refractivity contribution >= 4 is 11.7 Å². The van der Waals surface area contributed by atoms with E-state index in [1.54, 1.807) is 0 Å². The zero-order valence-corrected chi connectivity index (χ0v) is 10.7. The van der Waals surface area contributed by atoms with Gasteiger partial charge in [0, 0.05) is 6.54 Å². The van der Waals surface area contributed by atoms with Crippen molar-refractivity contribution in [1.29, 1.82) is 0 Å². The molecule has 8 heteroatoms. The predicted octanol–water partition coefficient (Wildman–Crippen LogP) is 2.01. The van der Waals surface area contributed by atoms with Gasteiger partial charge in [-0.15, -0.1) is 10.2 Å². The van der Waals surface area contributed by atoms with E-state index in [9.17, 15) is 18.0 Å². The molecule has 0 fully saturated rings. The van der Waals surface area contributed by atoms with Crippen LogP contribution < -0.4 is 11.1 Å². The van der Waals surface area contributed by atoms with E-state index in [0.717, 1.165) is 6.07 Å². The summed E-state index contributed by atoms with van der Waals surface area (Å²) in [5.74, 6) is -0.478. The molecule has 1 amide bonds. The molecule has 5 nitrogen and oxygen atoms in total. The SMILES string of the molecule is Nc1ccc(C(=O)NCc2ccccc2C(F)(F)F)nn1. The van der Waals surface area contributed by atoms with Gasteiger partial charge in [-0.3, -0.25) is 4.79 Å². The standard InChI is InChI=1S/C13H11F3N4O/c14-13(15,16)9-4-2-1-3-8(9)7-18-12(21)10-5-6-11(17)20-19-10/h1-6H,7H2,(H2,17,20)(H,18,21). The third-order valence-electron chi connectivity index (χ3n) is 2.68. The lowest BCUT2D eigenvalue weighted by Gasteiger charge is -2.13. The van der Waals surface area contributed by atoms with Crippen LogP contribution >= 0.6 is 0 Å². The van der Waals surface area contributed by atoms with Gasteiger partial charge in [0.2, 0.25) is 0 Å². The minimum absolute atomic E-state index is 0.0197. The van der Waals surface area contributed by atoms with Crippen LogP contribution in [-0.2, 0) is 12.7 Å². The maximum atomic E-state index is 12.8. The number of halogens is 3. The van der Waals surface area contributed by atoms with Crippen LogP contribution in [0, 0.1) is 0 Å². The third kappa shape index (κ3) is 3.68. The van der Waals surface area contributed by atoms with Crippen molar-refractivity contribution in [3.63, 3.8) is 0 Å². The van der Waals surface area contributed by atoms with Gasteiger partial charge in [-0.1, -0.05) is 18.2 Å². The van der Waals surface area contributed by atoms with Crippen LogP contribution in [0.5, 0.6) is 0 Å². The van der Waals surface area contributed by atoms with Crippen molar-refractivity contribution in [2.24, 2.45) is 0 Å². The molecule has 0 spiro atoms. The number of rotatable bonds is 3. The molecule has 1 aromatic carbocycles. The number of carbonyl (C=O) groups excluding carboxylic acids is 1. The molecule has 1 aromatic heterocycles. The Labute approximate surface area is 118 Å². The Morgan fingerprint density at radius 2 is 1.86 bits per heavy atom. The van der Waals surface area contributed by atoms with Crippen molar-refractivity contribution in [3.05, 3.63) is 53.2 Å². The second-order valence-corrected chi connectivity index (χ2v) is 4.18. The summed E-state index contributed by atoms with van der Waals surface area (Å²) in [5.41, 5.74) is 4.50. The van der Waals surface area contributed by atoms with Crippen molar-refractivity contribution in [2.75, 3.05) is 5.73 Å². The first kappa shape index (κ1) is 14.8. The lowest BCUT2D eigenvalue weighted by Crippen LogP contribution is -2.25. The largest absolute Gasteiger partial charge is 0.416 e. The van der Waals surface area contributed by atoms with E-state index in [1.807, 2.05) is 0 Å². The van der Waals surface area contributed by atoms with Crippen molar-refractivity contribution in [2.45, 2.75) is 12.7 Å². The highest BCUT2D eigenvalue weighted by Crippen LogP contribution is 2.31. The predicted molar refractivity (Wildman–Crippen MR) is 69.1 cm³/mol. The van der Waals surface area contributed by atoms with Crippen LogP contribution in [0.2, 0.25) is 0 Å². The summed E-state index contributed by atoms with van der Waals surface area (Å²) >= 11 is 0. The molecule has 3 N–H and O–H groups in total. The molecular weight excluding hydrogens is 285 g/mol. The maximum absolute atomic E-state index is 12.8. The highest BCUT2D eigenvalue weighted by atomic mass is 19.4. The molecule has 0 radical (unpaired) electrons. The summed E-state index contributed by atoms with van der Waals surface area (Å²) in [6, 6.07) is 7.75. The van der Waals surface area contributed by atoms with Gasteiger partial charge in [-0.05, 0) is 23.8 Å². The van der Waals surface area contributed by atoms with Crippen LogP contribution in [-0.4, -0.2) is 16.1 Å². The Morgan fingerprint density at radius 1 is 1.14 bits per heavy atom. The molecule has 0 saturated heterocycles. The number of benzene rings is 1. The summed E-state index contributed by atoms with van der Waals surface area (Å²) in [4.78, 5) is 11.8. The molecule has 0 aliphatic carbocycles. The quantitative estimate of drug-likeness (QED) is 0.908. The van der Waals surface area contributed by atoms with Gasteiger partial charge < -0.3 is 11.1 Å². The van der Waals surface area contributed by atoms with Crippen LogP contribution in [0.25, 0.3) is 0 Å². The number of anilines is 1. The summed E-state index contributed by atoms with van der Waals surface area (Å²) in [6.07, 6.45) is -4.47. The van der Waals surface area contributed by atoms with Gasteiger partial charge in [0.05, 0.1) is 5.56 Å². The molecule has 2 rings (SSSR count). The van der Waals surface area contributed by atoms with Crippen LogP contribution in [0.15, 0.2) is 36.4 Å². The third-order valence-corrected chi connectivity index (χ3v) is 2.68. The number of nitrogen functional groups attached to an aromatic ring is 1. The minimum atomic E-state index is -4.47. The molecule has 0 atom stereocenters. The van der Waals surface area contributed by atoms with Gasteiger partial charge >= 0.3 is 6.18 Å². The average Bonchev–Trinajstić information content (AvgIpc) is 2.45. The molecule has 110 valence electrons. The first-order chi connectivity index (χ1) is 9.88. The van der Waals surface area contributed by atoms with E-state index >= 15 is 0 Å². The van der Waals surface area contributed by atoms with E-state index in [4.69, 9.17) is 5.73 Å². The molecule has 2 aromatic rings. The van der Waals surface area contributed by atoms with E-state index in [-0.39, 0.29) is 23.6 Å². The minimum Gasteiger partial charge on any atom is -0.382 e. The first-order valence-corrected chi connectivity index (χ1v) is 5.90. The Hall–Kier alpha value is -2.64. The number of hydrogen-bond acceptors (Lipinski definition) is 4. The zero-order valence-electron chi connectivity index (χ0n) is 10.7. The molecule has 0 unspecified atom stereocenters. The summed E-state index contributed by atoms with van der Waals surface area (Å²) in [6.45, 7) is -0.263. The first-order valence-electron chi connectivity index (χ1n) is 5.90. The fraction of sp³-hybridized carbons (Fsp3) is 0.154. The van der Waals surface area contributed by atoms with Gasteiger partial charge in [-0.25, -0.2) is 0 Å². The Kier molecular flexibility index (Phi) is 4.06. The Balaban J connectivity index is 2.10. The normalized spacial score (nSPS) is 11.2. The van der Waals surface area contributed by atoms with E-state index < -0.39 is 17.6 Å². The number of carbonyl (C=O) groups is 1. The van der Waals surface area contributed by atoms with Crippen molar-refractivity contribution < 1.29 is 18.0 Å². The monoisotopic (exact) mass is 296 g/mol. The molecule has 21 heavy (non-hydrogen) atoms. The van der Waals surface area contributed by atoms with E-state index in [2.05, 4.69) is 15.5 Å². The van der Waals surface area contributed by atoms with Gasteiger partial charge in [-0.2, -0.15) is 13.2 Å². The number of hydrogen-bond donors (Lipinski definition) is 2. The highest BCUT2D eigenvalue weighted by molar-refractivity contribution is 5.92. The lowest BCUT2D eigenvalue weighted by atomic mass is 10.1. The molecule has 0 aliphatic heterocycles. The molecule has 0 aliphatic rings. The Bertz CT molecular complexity index is 641. The van der Waals surface area contributed by atoms with Crippen molar-refractivity contribution in [1.82, 2.24) is 15.5 Å². The smallest absolute Gasteiger partial charge is 0.382 e. The second-order valence-electron chi connectivity index (χ2n) is 4.18. The van der Waals surface area contributed by atoms with Gasteiger partial charge in [0.1, 0.15) is 5.82 Å². The molecule has 0 saturated carbocycles. The highest BCUT2D eigenvalue weighted by Gasteiger charge is 2.32. The second kappa shape index (κ2) is 5.78. The number of amides is 1. The maximum Gasteiger partial charge on any atom is 0.416 e. The summed E-state index contributed by atoms with van der Waals surface area (Å²) < 4.78 is 38.4. The van der Waals surface area contributed by atoms with E-state index in [1.165, 1.54) is 30.3 Å². The summed E-state index contributed by atoms with van der Waals surface area (Å²) in [5, 5.41) is 9.42. The zero-order chi connectivity index (χ0) is 15.5. The van der Waals surface area contributed by atoms with E-state index in [0.29, 0.717) is 0 Å². The lowest BCUT2D eigenvalue weighted by molar-refractivity contribution is -0.138. The fourth-order valence-electron chi connectivity index (χ4n) is 1.68. The van der Waals surface area contributed by atoms with Crippen LogP contribution in [0.1, 0.15) is 21.6 Å². The Morgan fingerprint density at radius 3 is 2.48 bits per heavy atom. The van der Waals surface area contributed by atoms with Crippen LogP contribution in [0.3, 0.4) is 0 Å². The van der Waals surface area contributed by atoms with Crippen molar-refractivity contribution in [3.8, 4) is 0 Å². The number of alkyl halides is 3. The number of nitrogens with zero attached hydrogens (tertiary/aromatic N) is 2. The topological polar surface area (TPSA) is 80.9 Å². The molecular formula is C13H11F3N4O. The van der Waals surface area contributed by atoms with Gasteiger partial charge in [0.25, 0.3) is 5.91 Å². The fourth-order valence-corrected chi connectivity index (χ4v) is 1.68. The molecule has 0 bridgehead atoms. The van der Waals surface area contributed by atoms with Crippen LogP contribution in [0.4, 0.5) is 19.0 Å². The number of nitrogens with two attached hydrogens (primary N) is 1.